The quantitative estimate of drug-likeness (QED) is 0.501. The Morgan fingerprint density at radius 2 is 1.81 bits per heavy atom. The van der Waals surface area contributed by atoms with Crippen LogP contribution in [0.15, 0.2) is 48.5 Å². The predicted molar refractivity (Wildman–Crippen MR) is 97.8 cm³/mol. The van der Waals surface area contributed by atoms with Gasteiger partial charge in [-0.1, -0.05) is 17.7 Å². The van der Waals surface area contributed by atoms with Gasteiger partial charge < -0.3 is 14.8 Å². The minimum Gasteiger partial charge on any atom is -0.482 e. The number of fused-ring (bicyclic) bond motifs is 1. The maximum Gasteiger partial charge on any atom is 0.341 e. The molecule has 0 saturated heterocycles. The number of ether oxygens (including phenoxy) is 1. The van der Waals surface area contributed by atoms with Crippen LogP contribution < -0.4 is 15.6 Å². The van der Waals surface area contributed by atoms with Crippen LogP contribution >= 0.6 is 11.6 Å². The molecule has 27 heavy (non-hydrogen) atoms. The minimum atomic E-state index is -1.13. The molecule has 0 saturated carbocycles. The summed E-state index contributed by atoms with van der Waals surface area (Å²) in [6.45, 7) is -0.522. The molecule has 1 aromatic heterocycles. The van der Waals surface area contributed by atoms with Crippen molar-refractivity contribution < 1.29 is 24.2 Å². The number of H-pyrrole nitrogens is 1. The summed E-state index contributed by atoms with van der Waals surface area (Å²) in [4.78, 5) is 37.8. The zero-order chi connectivity index (χ0) is 19.4. The van der Waals surface area contributed by atoms with Gasteiger partial charge in [-0.2, -0.15) is 0 Å². The van der Waals surface area contributed by atoms with Gasteiger partial charge in [-0.25, -0.2) is 4.79 Å². The van der Waals surface area contributed by atoms with Crippen molar-refractivity contribution in [3.05, 3.63) is 64.8 Å². The summed E-state index contributed by atoms with van der Waals surface area (Å²) in [5, 5.41) is 9.93. The fourth-order valence-electron chi connectivity index (χ4n) is 2.35. The van der Waals surface area contributed by atoms with Gasteiger partial charge in [-0.05, 0) is 42.5 Å². The van der Waals surface area contributed by atoms with Gasteiger partial charge in [0.05, 0.1) is 0 Å². The van der Waals surface area contributed by atoms with Crippen molar-refractivity contribution in [2.45, 2.75) is 0 Å². The zero-order valence-corrected chi connectivity index (χ0v) is 14.5. The summed E-state index contributed by atoms with van der Waals surface area (Å²) in [7, 11) is 0. The fourth-order valence-corrected chi connectivity index (χ4v) is 2.53. The molecular formula is C18H14ClN3O5. The molecule has 3 rings (SSSR count). The third-order valence-corrected chi connectivity index (χ3v) is 3.81. The van der Waals surface area contributed by atoms with Gasteiger partial charge in [0.25, 0.3) is 11.8 Å². The molecule has 0 aliphatic carbocycles. The number of aromatic amines is 1. The van der Waals surface area contributed by atoms with Crippen LogP contribution in [0.2, 0.25) is 5.02 Å². The first kappa shape index (κ1) is 18.3. The highest BCUT2D eigenvalue weighted by atomic mass is 35.5. The van der Waals surface area contributed by atoms with Crippen molar-refractivity contribution in [2.75, 3.05) is 6.61 Å². The molecule has 4 N–H and O–H groups in total. The second-order valence-corrected chi connectivity index (χ2v) is 5.97. The van der Waals surface area contributed by atoms with Crippen LogP contribution in [0, 0.1) is 0 Å². The number of aromatic nitrogens is 1. The summed E-state index contributed by atoms with van der Waals surface area (Å²) in [5.41, 5.74) is 5.78. The Bertz CT molecular complexity index is 1030. The number of hydrazine groups is 1. The highest BCUT2D eigenvalue weighted by molar-refractivity contribution is 6.31. The lowest BCUT2D eigenvalue weighted by Crippen LogP contribution is -2.41. The average Bonchev–Trinajstić information content (AvgIpc) is 3.07. The number of benzene rings is 2. The highest BCUT2D eigenvalue weighted by Crippen LogP contribution is 2.20. The first-order chi connectivity index (χ1) is 12.9. The van der Waals surface area contributed by atoms with Crippen LogP contribution in [-0.2, 0) is 4.79 Å². The Morgan fingerprint density at radius 1 is 1.04 bits per heavy atom. The van der Waals surface area contributed by atoms with E-state index in [4.69, 9.17) is 21.4 Å². The van der Waals surface area contributed by atoms with E-state index in [-0.39, 0.29) is 17.0 Å². The number of aliphatic carboxylic acids is 1. The molecule has 8 nitrogen and oxygen atoms in total. The van der Waals surface area contributed by atoms with E-state index < -0.39 is 24.4 Å². The number of nitrogens with one attached hydrogen (secondary N) is 3. The monoisotopic (exact) mass is 387 g/mol. The normalized spacial score (nSPS) is 10.4. The van der Waals surface area contributed by atoms with Gasteiger partial charge in [0.1, 0.15) is 11.4 Å². The molecule has 0 spiro atoms. The van der Waals surface area contributed by atoms with Crippen molar-refractivity contribution in [3.8, 4) is 5.75 Å². The number of hydrogen-bond acceptors (Lipinski definition) is 4. The second kappa shape index (κ2) is 7.79. The Balaban J connectivity index is 1.63. The zero-order valence-electron chi connectivity index (χ0n) is 13.8. The number of rotatable bonds is 5. The number of halogens is 1. The van der Waals surface area contributed by atoms with Crippen LogP contribution in [0.4, 0.5) is 0 Å². The van der Waals surface area contributed by atoms with E-state index in [0.29, 0.717) is 5.02 Å². The molecule has 3 aromatic rings. The molecular weight excluding hydrogens is 374 g/mol. The number of carbonyl (C=O) groups is 3. The summed E-state index contributed by atoms with van der Waals surface area (Å²) < 4.78 is 5.01. The first-order valence-corrected chi connectivity index (χ1v) is 8.14. The van der Waals surface area contributed by atoms with Crippen LogP contribution in [0.1, 0.15) is 20.8 Å². The molecule has 0 radical (unpaired) electrons. The van der Waals surface area contributed by atoms with Gasteiger partial charge in [0, 0.05) is 21.5 Å². The van der Waals surface area contributed by atoms with Crippen molar-refractivity contribution in [1.82, 2.24) is 15.8 Å². The molecule has 0 unspecified atom stereocenters. The Hall–Kier alpha value is -3.52. The van der Waals surface area contributed by atoms with Crippen molar-refractivity contribution in [1.29, 1.82) is 0 Å². The molecule has 0 atom stereocenters. The average molecular weight is 388 g/mol. The SMILES string of the molecule is O=C(O)COc1cccc(C(=O)NNC(=O)c2cc3cc(Cl)ccc3[nH]2)c1. The van der Waals surface area contributed by atoms with Crippen LogP contribution in [0.25, 0.3) is 10.9 Å². The molecule has 1 heterocycles. The topological polar surface area (TPSA) is 121 Å². The first-order valence-electron chi connectivity index (χ1n) is 7.76. The molecule has 0 fully saturated rings. The van der Waals surface area contributed by atoms with E-state index in [0.717, 1.165) is 10.9 Å². The third-order valence-electron chi connectivity index (χ3n) is 3.58. The Kier molecular flexibility index (Phi) is 5.28. The number of carboxylic acids is 1. The molecule has 2 aromatic carbocycles. The largest absolute Gasteiger partial charge is 0.482 e. The lowest BCUT2D eigenvalue weighted by molar-refractivity contribution is -0.139. The van der Waals surface area contributed by atoms with E-state index >= 15 is 0 Å². The highest BCUT2D eigenvalue weighted by Gasteiger charge is 2.12. The van der Waals surface area contributed by atoms with Gasteiger partial charge in [0.2, 0.25) is 0 Å². The Morgan fingerprint density at radius 3 is 2.59 bits per heavy atom. The van der Waals surface area contributed by atoms with E-state index in [2.05, 4.69) is 15.8 Å². The summed E-state index contributed by atoms with van der Waals surface area (Å²) >= 11 is 5.92. The van der Waals surface area contributed by atoms with E-state index in [1.807, 2.05) is 0 Å². The molecule has 0 aliphatic rings. The van der Waals surface area contributed by atoms with Crippen molar-refractivity contribution in [2.24, 2.45) is 0 Å². The van der Waals surface area contributed by atoms with Gasteiger partial charge in [0.15, 0.2) is 6.61 Å². The number of hydrogen-bond donors (Lipinski definition) is 4. The number of carboxylic acid groups (broad SMARTS) is 1. The molecule has 9 heteroatoms. The minimum absolute atomic E-state index is 0.196. The lowest BCUT2D eigenvalue weighted by Gasteiger charge is -2.08. The number of amides is 2. The van der Waals surface area contributed by atoms with E-state index in [9.17, 15) is 14.4 Å². The summed E-state index contributed by atoms with van der Waals surface area (Å²) in [6.07, 6.45) is 0. The maximum absolute atomic E-state index is 12.2. The van der Waals surface area contributed by atoms with E-state index in [1.54, 1.807) is 24.3 Å². The lowest BCUT2D eigenvalue weighted by atomic mass is 10.2. The van der Waals surface area contributed by atoms with Gasteiger partial charge in [-0.3, -0.25) is 20.4 Å². The van der Waals surface area contributed by atoms with Crippen molar-refractivity contribution in [3.63, 3.8) is 0 Å². The number of carbonyl (C=O) groups excluding carboxylic acids is 2. The molecule has 0 bridgehead atoms. The third kappa shape index (κ3) is 4.56. The van der Waals surface area contributed by atoms with Gasteiger partial charge >= 0.3 is 5.97 Å². The van der Waals surface area contributed by atoms with Crippen LogP contribution in [0.5, 0.6) is 5.75 Å². The molecule has 0 aliphatic heterocycles. The smallest absolute Gasteiger partial charge is 0.341 e. The molecule has 138 valence electrons. The molecule has 2 amide bonds. The fraction of sp³-hybridized carbons (Fsp3) is 0.0556. The maximum atomic E-state index is 12.2. The second-order valence-electron chi connectivity index (χ2n) is 5.53. The van der Waals surface area contributed by atoms with E-state index in [1.165, 1.54) is 24.3 Å². The van der Waals surface area contributed by atoms with Crippen molar-refractivity contribution >= 4 is 40.3 Å². The predicted octanol–water partition coefficient (Wildman–Crippen LogP) is 2.36. The summed E-state index contributed by atoms with van der Waals surface area (Å²) in [5.74, 6) is -2.02. The summed E-state index contributed by atoms with van der Waals surface area (Å²) in [6, 6.07) is 12.7. The van der Waals surface area contributed by atoms with Crippen LogP contribution in [0.3, 0.4) is 0 Å². The Labute approximate surface area is 158 Å². The van der Waals surface area contributed by atoms with Crippen LogP contribution in [-0.4, -0.2) is 34.5 Å². The standard InChI is InChI=1S/C18H14ClN3O5/c19-12-4-5-14-11(6-12)8-15(20-14)18(26)22-21-17(25)10-2-1-3-13(7-10)27-9-16(23)24/h1-8,20H,9H2,(H,21,25)(H,22,26)(H,23,24). The van der Waals surface area contributed by atoms with Gasteiger partial charge in [-0.15, -0.1) is 0 Å².